The Balaban J connectivity index is 1.93. The fourth-order valence-electron chi connectivity index (χ4n) is 2.88. The zero-order valence-electron chi connectivity index (χ0n) is 8.35. The normalized spacial score (nSPS) is 55.9. The number of aliphatic hydroxyl groups is 1. The zero-order chi connectivity index (χ0) is 9.76. The van der Waals surface area contributed by atoms with Gasteiger partial charge in [0, 0.05) is 6.42 Å². The van der Waals surface area contributed by atoms with E-state index in [1.54, 1.807) is 0 Å². The summed E-state index contributed by atoms with van der Waals surface area (Å²) in [5, 5.41) is 9.64. The van der Waals surface area contributed by atoms with Crippen molar-refractivity contribution < 1.29 is 14.6 Å². The molecule has 0 saturated carbocycles. The van der Waals surface area contributed by atoms with Crippen LogP contribution >= 0.6 is 0 Å². The summed E-state index contributed by atoms with van der Waals surface area (Å²) in [5.74, 6) is 0. The van der Waals surface area contributed by atoms with Crippen LogP contribution in [-0.2, 0) is 9.47 Å². The quantitative estimate of drug-likeness (QED) is 0.588. The highest BCUT2D eigenvalue weighted by Gasteiger charge is 2.54. The van der Waals surface area contributed by atoms with E-state index in [0.717, 1.165) is 19.3 Å². The molecule has 78 valence electrons. The molecule has 1 unspecified atom stereocenters. The van der Waals surface area contributed by atoms with Crippen LogP contribution in [0.3, 0.4) is 0 Å². The van der Waals surface area contributed by atoms with Crippen molar-refractivity contribution in [2.75, 3.05) is 0 Å². The molecule has 5 atom stereocenters. The second-order valence-corrected chi connectivity index (χ2v) is 4.68. The number of aliphatic hydroxyl groups excluding tert-OH is 1. The lowest BCUT2D eigenvalue weighted by molar-refractivity contribution is -0.133. The molecule has 2 aliphatic heterocycles. The summed E-state index contributed by atoms with van der Waals surface area (Å²) in [6.07, 6.45) is 6.76. The molecule has 2 heterocycles. The third kappa shape index (κ3) is 1.09. The molecule has 2 saturated heterocycles. The van der Waals surface area contributed by atoms with Crippen LogP contribution in [0.2, 0.25) is 0 Å². The van der Waals surface area contributed by atoms with Gasteiger partial charge < -0.3 is 14.6 Å². The molecule has 0 aromatic heterocycles. The van der Waals surface area contributed by atoms with Gasteiger partial charge in [0.25, 0.3) is 0 Å². The Bertz CT molecular complexity index is 276. The minimum Gasteiger partial charge on any atom is -0.386 e. The number of hydrogen-bond acceptors (Lipinski definition) is 3. The molecule has 1 aliphatic carbocycles. The molecule has 3 rings (SSSR count). The lowest BCUT2D eigenvalue weighted by atomic mass is 9.83. The van der Waals surface area contributed by atoms with Gasteiger partial charge in [0.05, 0.1) is 24.4 Å². The van der Waals surface area contributed by atoms with Gasteiger partial charge in [-0.1, -0.05) is 12.2 Å². The fourth-order valence-corrected chi connectivity index (χ4v) is 2.88. The van der Waals surface area contributed by atoms with Gasteiger partial charge in [-0.25, -0.2) is 0 Å². The van der Waals surface area contributed by atoms with E-state index in [0.29, 0.717) is 6.10 Å². The lowest BCUT2D eigenvalue weighted by Crippen LogP contribution is -2.47. The Morgan fingerprint density at radius 3 is 3.14 bits per heavy atom. The van der Waals surface area contributed by atoms with Crippen molar-refractivity contribution in [2.45, 2.75) is 56.2 Å². The van der Waals surface area contributed by atoms with Crippen molar-refractivity contribution in [2.24, 2.45) is 0 Å². The molecule has 0 radical (unpaired) electrons. The smallest absolute Gasteiger partial charge is 0.115 e. The molecule has 1 N–H and O–H groups in total. The van der Waals surface area contributed by atoms with E-state index in [1.807, 2.05) is 12.2 Å². The molecule has 3 aliphatic rings. The van der Waals surface area contributed by atoms with Gasteiger partial charge in [-0.2, -0.15) is 0 Å². The van der Waals surface area contributed by atoms with Gasteiger partial charge in [-0.3, -0.25) is 0 Å². The van der Waals surface area contributed by atoms with E-state index in [-0.39, 0.29) is 17.8 Å². The SMILES string of the molecule is C[C@H]1CC[C@@H]2O[C@@H]3C[C@]2(C=CC3O)O1. The highest BCUT2D eigenvalue weighted by molar-refractivity contribution is 5.20. The summed E-state index contributed by atoms with van der Waals surface area (Å²) in [4.78, 5) is 0. The van der Waals surface area contributed by atoms with Crippen LogP contribution in [0.25, 0.3) is 0 Å². The van der Waals surface area contributed by atoms with Crippen LogP contribution in [0.15, 0.2) is 12.2 Å². The summed E-state index contributed by atoms with van der Waals surface area (Å²) in [6, 6.07) is 0. The van der Waals surface area contributed by atoms with Gasteiger partial charge >= 0.3 is 0 Å². The van der Waals surface area contributed by atoms with Crippen molar-refractivity contribution in [1.29, 1.82) is 0 Å². The average Bonchev–Trinajstić information content (AvgIpc) is 2.47. The van der Waals surface area contributed by atoms with E-state index >= 15 is 0 Å². The van der Waals surface area contributed by atoms with E-state index in [9.17, 15) is 5.11 Å². The van der Waals surface area contributed by atoms with Crippen LogP contribution < -0.4 is 0 Å². The molecular formula is C11H16O3. The fraction of sp³-hybridized carbons (Fsp3) is 0.818. The van der Waals surface area contributed by atoms with Crippen molar-refractivity contribution in [3.05, 3.63) is 12.2 Å². The van der Waals surface area contributed by atoms with E-state index in [1.165, 1.54) is 0 Å². The maximum Gasteiger partial charge on any atom is 0.115 e. The average molecular weight is 196 g/mol. The molecule has 1 spiro atoms. The zero-order valence-corrected chi connectivity index (χ0v) is 8.35. The summed E-state index contributed by atoms with van der Waals surface area (Å²) >= 11 is 0. The van der Waals surface area contributed by atoms with Gasteiger partial charge in [0.1, 0.15) is 5.60 Å². The minimum absolute atomic E-state index is 0.0460. The van der Waals surface area contributed by atoms with Crippen molar-refractivity contribution >= 4 is 0 Å². The summed E-state index contributed by atoms with van der Waals surface area (Å²) in [6.45, 7) is 2.11. The van der Waals surface area contributed by atoms with Crippen LogP contribution in [0, 0.1) is 0 Å². The Labute approximate surface area is 83.7 Å². The second-order valence-electron chi connectivity index (χ2n) is 4.68. The monoisotopic (exact) mass is 196 g/mol. The van der Waals surface area contributed by atoms with Gasteiger partial charge in [0.2, 0.25) is 0 Å². The molecule has 0 amide bonds. The minimum atomic E-state index is -0.440. The second kappa shape index (κ2) is 2.81. The maximum atomic E-state index is 9.64. The summed E-state index contributed by atoms with van der Waals surface area (Å²) in [7, 11) is 0. The summed E-state index contributed by atoms with van der Waals surface area (Å²) < 4.78 is 11.8. The van der Waals surface area contributed by atoms with E-state index in [4.69, 9.17) is 9.47 Å². The first-order valence-electron chi connectivity index (χ1n) is 5.40. The molecule has 14 heavy (non-hydrogen) atoms. The van der Waals surface area contributed by atoms with E-state index < -0.39 is 6.10 Å². The summed E-state index contributed by atoms with van der Waals surface area (Å²) in [5.41, 5.74) is -0.221. The maximum absolute atomic E-state index is 9.64. The first-order chi connectivity index (χ1) is 6.70. The van der Waals surface area contributed by atoms with Crippen LogP contribution in [0.5, 0.6) is 0 Å². The number of rotatable bonds is 0. The molecule has 2 fully saturated rings. The van der Waals surface area contributed by atoms with Gasteiger partial charge in [-0.05, 0) is 19.8 Å². The molecule has 0 aromatic carbocycles. The highest BCUT2D eigenvalue weighted by atomic mass is 16.6. The predicted octanol–water partition coefficient (Wildman–Crippen LogP) is 1.01. The van der Waals surface area contributed by atoms with Gasteiger partial charge in [-0.15, -0.1) is 0 Å². The Morgan fingerprint density at radius 2 is 2.29 bits per heavy atom. The molecular weight excluding hydrogens is 180 g/mol. The number of ether oxygens (including phenoxy) is 2. The third-order valence-electron chi connectivity index (χ3n) is 3.62. The van der Waals surface area contributed by atoms with Gasteiger partial charge in [0.15, 0.2) is 0 Å². The van der Waals surface area contributed by atoms with Crippen molar-refractivity contribution in [1.82, 2.24) is 0 Å². The lowest BCUT2D eigenvalue weighted by Gasteiger charge is -2.39. The Kier molecular flexibility index (Phi) is 1.79. The Hall–Kier alpha value is -0.380. The predicted molar refractivity (Wildman–Crippen MR) is 50.9 cm³/mol. The molecule has 3 heteroatoms. The standard InChI is InChI=1S/C11H16O3/c1-7-2-3-10-11(14-7)5-4-8(12)9(6-11)13-10/h4-5,7-10,12H,2-3,6H2,1H3/t7-,8?,9+,10-,11-/m0/s1. The molecule has 0 aromatic rings. The number of fused-ring (bicyclic) bond motifs is 1. The third-order valence-corrected chi connectivity index (χ3v) is 3.62. The largest absolute Gasteiger partial charge is 0.386 e. The van der Waals surface area contributed by atoms with Crippen molar-refractivity contribution in [3.63, 3.8) is 0 Å². The molecule has 2 bridgehead atoms. The topological polar surface area (TPSA) is 38.7 Å². The van der Waals surface area contributed by atoms with E-state index in [2.05, 4.69) is 6.92 Å². The first kappa shape index (κ1) is 8.89. The first-order valence-corrected chi connectivity index (χ1v) is 5.40. The highest BCUT2D eigenvalue weighted by Crippen LogP contribution is 2.45. The van der Waals surface area contributed by atoms with Crippen LogP contribution in [0.1, 0.15) is 26.2 Å². The van der Waals surface area contributed by atoms with Crippen molar-refractivity contribution in [3.8, 4) is 0 Å². The Morgan fingerprint density at radius 1 is 1.43 bits per heavy atom. The van der Waals surface area contributed by atoms with Crippen LogP contribution in [-0.4, -0.2) is 35.1 Å². The van der Waals surface area contributed by atoms with Crippen LogP contribution in [0.4, 0.5) is 0 Å². The number of hydrogen-bond donors (Lipinski definition) is 1. The molecule has 3 nitrogen and oxygen atoms in total.